The lowest BCUT2D eigenvalue weighted by molar-refractivity contribution is 0.0688. The number of carboxylic acids is 1. The molecule has 0 bridgehead atoms. The molecule has 100 valence electrons. The van der Waals surface area contributed by atoms with Gasteiger partial charge in [0.25, 0.3) is 0 Å². The maximum absolute atomic E-state index is 11.3. The molecule has 3 rings (SSSR count). The Morgan fingerprint density at radius 3 is 3.11 bits per heavy atom. The lowest BCUT2D eigenvalue weighted by Gasteiger charge is -2.20. The maximum Gasteiger partial charge on any atom is 0.352 e. The van der Waals surface area contributed by atoms with Crippen molar-refractivity contribution in [2.75, 3.05) is 5.75 Å². The van der Waals surface area contributed by atoms with Crippen LogP contribution in [0.2, 0.25) is 0 Å². The number of pyridine rings is 1. The van der Waals surface area contributed by atoms with Crippen molar-refractivity contribution in [1.82, 2.24) is 9.38 Å². The number of thioether (sulfide) groups is 1. The number of carbonyl (C=O) groups is 1. The summed E-state index contributed by atoms with van der Waals surface area (Å²) in [5, 5.41) is 9.85. The van der Waals surface area contributed by atoms with Crippen molar-refractivity contribution < 1.29 is 9.90 Å². The number of aromatic carboxylic acids is 1. The average molecular weight is 276 g/mol. The van der Waals surface area contributed by atoms with Crippen LogP contribution in [0.15, 0.2) is 24.4 Å². The van der Waals surface area contributed by atoms with Gasteiger partial charge in [-0.1, -0.05) is 12.5 Å². The Bertz CT molecular complexity index is 603. The summed E-state index contributed by atoms with van der Waals surface area (Å²) in [7, 11) is 0. The van der Waals surface area contributed by atoms with E-state index in [9.17, 15) is 9.90 Å². The normalized spacial score (nSPS) is 19.7. The van der Waals surface area contributed by atoms with Gasteiger partial charge < -0.3 is 5.11 Å². The smallest absolute Gasteiger partial charge is 0.352 e. The summed E-state index contributed by atoms with van der Waals surface area (Å²) in [6.45, 7) is 0. The zero-order valence-electron chi connectivity index (χ0n) is 10.6. The summed E-state index contributed by atoms with van der Waals surface area (Å²) in [5.74, 6) is 1.17. The first kappa shape index (κ1) is 12.5. The highest BCUT2D eigenvalue weighted by Crippen LogP contribution is 2.28. The van der Waals surface area contributed by atoms with E-state index in [1.807, 2.05) is 17.8 Å². The number of fused-ring (bicyclic) bond motifs is 1. The summed E-state index contributed by atoms with van der Waals surface area (Å²) in [4.78, 5) is 15.7. The van der Waals surface area contributed by atoms with Crippen molar-refractivity contribution in [3.8, 4) is 0 Å². The SMILES string of the molecule is O=C(O)c1cccc2cnc(CC3CCCCS3)n12. The van der Waals surface area contributed by atoms with E-state index in [0.29, 0.717) is 10.9 Å². The van der Waals surface area contributed by atoms with Crippen molar-refractivity contribution in [3.63, 3.8) is 0 Å². The summed E-state index contributed by atoms with van der Waals surface area (Å²) < 4.78 is 1.78. The molecule has 0 aromatic carbocycles. The number of hydrogen-bond acceptors (Lipinski definition) is 3. The summed E-state index contributed by atoms with van der Waals surface area (Å²) in [6, 6.07) is 5.30. The zero-order chi connectivity index (χ0) is 13.2. The standard InChI is InChI=1S/C14H16N2O2S/c17-14(18)12-6-3-4-10-9-15-13(16(10)12)8-11-5-1-2-7-19-11/h3-4,6,9,11H,1-2,5,7-8H2,(H,17,18). The van der Waals surface area contributed by atoms with E-state index in [-0.39, 0.29) is 0 Å². The van der Waals surface area contributed by atoms with Gasteiger partial charge in [-0.3, -0.25) is 4.40 Å². The Hall–Kier alpha value is -1.49. The van der Waals surface area contributed by atoms with Gasteiger partial charge in [-0.05, 0) is 30.7 Å². The fourth-order valence-electron chi connectivity index (χ4n) is 2.60. The van der Waals surface area contributed by atoms with Gasteiger partial charge in [-0.25, -0.2) is 9.78 Å². The van der Waals surface area contributed by atoms with Crippen LogP contribution in [0.25, 0.3) is 5.52 Å². The minimum absolute atomic E-state index is 0.297. The van der Waals surface area contributed by atoms with Crippen molar-refractivity contribution in [1.29, 1.82) is 0 Å². The van der Waals surface area contributed by atoms with Crippen LogP contribution in [0.5, 0.6) is 0 Å². The first-order valence-electron chi connectivity index (χ1n) is 6.56. The number of nitrogens with zero attached hydrogens (tertiary/aromatic N) is 2. The summed E-state index contributed by atoms with van der Waals surface area (Å²) >= 11 is 1.98. The fraction of sp³-hybridized carbons (Fsp3) is 0.429. The molecule has 0 saturated carbocycles. The molecule has 1 atom stereocenters. The number of imidazole rings is 1. The molecule has 0 radical (unpaired) electrons. The molecule has 3 heterocycles. The molecular formula is C14H16N2O2S. The highest BCUT2D eigenvalue weighted by atomic mass is 32.2. The van der Waals surface area contributed by atoms with E-state index >= 15 is 0 Å². The molecule has 0 spiro atoms. The minimum atomic E-state index is -0.902. The van der Waals surface area contributed by atoms with Crippen LogP contribution in [0.1, 0.15) is 35.6 Å². The van der Waals surface area contributed by atoms with Gasteiger partial charge in [0.2, 0.25) is 0 Å². The van der Waals surface area contributed by atoms with Crippen molar-refractivity contribution >= 4 is 23.2 Å². The van der Waals surface area contributed by atoms with E-state index in [2.05, 4.69) is 4.98 Å². The Balaban J connectivity index is 1.96. The van der Waals surface area contributed by atoms with Gasteiger partial charge in [0.1, 0.15) is 11.5 Å². The number of aromatic nitrogens is 2. The fourth-order valence-corrected chi connectivity index (χ4v) is 3.90. The first-order valence-corrected chi connectivity index (χ1v) is 7.61. The molecule has 1 unspecified atom stereocenters. The topological polar surface area (TPSA) is 54.6 Å². The van der Waals surface area contributed by atoms with E-state index in [1.165, 1.54) is 25.0 Å². The Kier molecular flexibility index (Phi) is 3.46. The predicted molar refractivity (Wildman–Crippen MR) is 76.0 cm³/mol. The second kappa shape index (κ2) is 5.25. The molecule has 1 aliphatic heterocycles. The minimum Gasteiger partial charge on any atom is -0.477 e. The third-order valence-electron chi connectivity index (χ3n) is 3.53. The van der Waals surface area contributed by atoms with Crippen molar-refractivity contribution in [2.45, 2.75) is 30.9 Å². The summed E-state index contributed by atoms with van der Waals surface area (Å²) in [5.41, 5.74) is 1.15. The monoisotopic (exact) mass is 276 g/mol. The number of carboxylic acid groups (broad SMARTS) is 1. The van der Waals surface area contributed by atoms with Crippen molar-refractivity contribution in [3.05, 3.63) is 35.9 Å². The second-order valence-corrected chi connectivity index (χ2v) is 6.25. The molecule has 0 amide bonds. The molecule has 0 aliphatic carbocycles. The van der Waals surface area contributed by atoms with Crippen LogP contribution in [0, 0.1) is 0 Å². The molecule has 4 nitrogen and oxygen atoms in total. The molecule has 1 saturated heterocycles. The lowest BCUT2D eigenvalue weighted by Crippen LogP contribution is -2.16. The molecular weight excluding hydrogens is 260 g/mol. The number of hydrogen-bond donors (Lipinski definition) is 1. The van der Waals surface area contributed by atoms with Gasteiger partial charge in [-0.15, -0.1) is 0 Å². The molecule has 19 heavy (non-hydrogen) atoms. The van der Waals surface area contributed by atoms with Crippen LogP contribution < -0.4 is 0 Å². The number of rotatable bonds is 3. The largest absolute Gasteiger partial charge is 0.477 e. The van der Waals surface area contributed by atoms with Crippen LogP contribution >= 0.6 is 11.8 Å². The summed E-state index contributed by atoms with van der Waals surface area (Å²) in [6.07, 6.45) is 6.38. The third-order valence-corrected chi connectivity index (χ3v) is 4.93. The van der Waals surface area contributed by atoms with Crippen LogP contribution in [-0.4, -0.2) is 31.5 Å². The highest BCUT2D eigenvalue weighted by molar-refractivity contribution is 7.99. The Morgan fingerprint density at radius 1 is 1.47 bits per heavy atom. The lowest BCUT2D eigenvalue weighted by atomic mass is 10.1. The van der Waals surface area contributed by atoms with E-state index in [1.54, 1.807) is 22.7 Å². The quantitative estimate of drug-likeness (QED) is 0.936. The van der Waals surface area contributed by atoms with Crippen LogP contribution in [0.4, 0.5) is 0 Å². The molecule has 2 aromatic heterocycles. The van der Waals surface area contributed by atoms with Gasteiger partial charge in [-0.2, -0.15) is 11.8 Å². The molecule has 1 N–H and O–H groups in total. The molecule has 5 heteroatoms. The van der Waals surface area contributed by atoms with Gasteiger partial charge >= 0.3 is 5.97 Å². The average Bonchev–Trinajstić information content (AvgIpc) is 2.83. The van der Waals surface area contributed by atoms with Crippen molar-refractivity contribution in [2.24, 2.45) is 0 Å². The Labute approximate surface area is 115 Å². The second-order valence-electron chi connectivity index (χ2n) is 4.84. The van der Waals surface area contributed by atoms with Crippen LogP contribution in [0.3, 0.4) is 0 Å². The first-order chi connectivity index (χ1) is 9.25. The molecule has 2 aromatic rings. The predicted octanol–water partition coefficient (Wildman–Crippen LogP) is 2.86. The zero-order valence-corrected chi connectivity index (χ0v) is 11.4. The van der Waals surface area contributed by atoms with Crippen LogP contribution in [-0.2, 0) is 6.42 Å². The van der Waals surface area contributed by atoms with Gasteiger partial charge in [0, 0.05) is 11.7 Å². The molecule has 1 fully saturated rings. The van der Waals surface area contributed by atoms with E-state index in [4.69, 9.17) is 0 Å². The van der Waals surface area contributed by atoms with Gasteiger partial charge in [0.15, 0.2) is 0 Å². The van der Waals surface area contributed by atoms with E-state index < -0.39 is 5.97 Å². The highest BCUT2D eigenvalue weighted by Gasteiger charge is 2.19. The Morgan fingerprint density at radius 2 is 2.37 bits per heavy atom. The maximum atomic E-state index is 11.3. The van der Waals surface area contributed by atoms with Gasteiger partial charge in [0.05, 0.1) is 11.7 Å². The van der Waals surface area contributed by atoms with E-state index in [0.717, 1.165) is 17.8 Å². The third kappa shape index (κ3) is 2.47. The molecule has 1 aliphatic rings.